The normalized spacial score (nSPS) is 10.5. The van der Waals surface area contributed by atoms with Gasteiger partial charge in [-0.05, 0) is 29.8 Å². The predicted octanol–water partition coefficient (Wildman–Crippen LogP) is 3.78. The zero-order valence-corrected chi connectivity index (χ0v) is 15.0. The van der Waals surface area contributed by atoms with Crippen molar-refractivity contribution in [3.63, 3.8) is 0 Å². The Balaban J connectivity index is 1.67. The van der Waals surface area contributed by atoms with E-state index in [-0.39, 0.29) is 11.8 Å². The summed E-state index contributed by atoms with van der Waals surface area (Å²) in [7, 11) is 1.59. The van der Waals surface area contributed by atoms with Gasteiger partial charge in [0.25, 0.3) is 0 Å². The molecule has 0 saturated carbocycles. The van der Waals surface area contributed by atoms with E-state index >= 15 is 0 Å². The van der Waals surface area contributed by atoms with Crippen LogP contribution >= 0.6 is 11.8 Å². The monoisotopic (exact) mass is 371 g/mol. The largest absolute Gasteiger partial charge is 0.495 e. The van der Waals surface area contributed by atoms with E-state index in [1.54, 1.807) is 24.9 Å². The zero-order chi connectivity index (χ0) is 18.4. The number of halogens is 1. The maximum absolute atomic E-state index is 13.2. The number of aromatic nitrogens is 3. The first kappa shape index (κ1) is 17.9. The number of benzene rings is 2. The summed E-state index contributed by atoms with van der Waals surface area (Å²) >= 11 is 1.57. The van der Waals surface area contributed by atoms with Crippen molar-refractivity contribution >= 4 is 29.3 Å². The van der Waals surface area contributed by atoms with Crippen LogP contribution in [-0.4, -0.2) is 22.1 Å². The zero-order valence-electron chi connectivity index (χ0n) is 14.1. The van der Waals surface area contributed by atoms with E-state index < -0.39 is 0 Å². The molecule has 8 heteroatoms. The van der Waals surface area contributed by atoms with Gasteiger partial charge in [-0.3, -0.25) is 0 Å². The summed E-state index contributed by atoms with van der Waals surface area (Å²) in [6.45, 7) is 0. The van der Waals surface area contributed by atoms with Crippen molar-refractivity contribution in [2.75, 3.05) is 18.2 Å². The van der Waals surface area contributed by atoms with Gasteiger partial charge in [0.05, 0.1) is 18.6 Å². The van der Waals surface area contributed by atoms with Gasteiger partial charge in [0.1, 0.15) is 17.4 Å². The standard InChI is InChI=1S/C18H18FN5OS/c1-25-15-8-3-2-7-14(15)21-18-23-16(22-17(20)24-18)11-26-10-12-5-4-6-13(19)9-12/h2-9H,10-11H2,1H3,(H3,20,21,22,23,24). The van der Waals surface area contributed by atoms with E-state index in [0.29, 0.717) is 29.0 Å². The first-order chi connectivity index (χ1) is 12.6. The van der Waals surface area contributed by atoms with E-state index in [2.05, 4.69) is 20.3 Å². The first-order valence-electron chi connectivity index (χ1n) is 7.86. The molecular formula is C18H18FN5OS. The minimum absolute atomic E-state index is 0.138. The van der Waals surface area contributed by atoms with Crippen LogP contribution in [0.1, 0.15) is 11.4 Å². The van der Waals surface area contributed by atoms with Crippen LogP contribution in [0.5, 0.6) is 5.75 Å². The Morgan fingerprint density at radius 1 is 1.08 bits per heavy atom. The van der Waals surface area contributed by atoms with Crippen molar-refractivity contribution in [3.8, 4) is 5.75 Å². The van der Waals surface area contributed by atoms with Crippen molar-refractivity contribution in [1.82, 2.24) is 15.0 Å². The van der Waals surface area contributed by atoms with Gasteiger partial charge in [-0.25, -0.2) is 4.39 Å². The molecule has 0 spiro atoms. The molecule has 6 nitrogen and oxygen atoms in total. The molecule has 0 bridgehead atoms. The number of rotatable bonds is 7. The molecule has 134 valence electrons. The van der Waals surface area contributed by atoms with Crippen molar-refractivity contribution in [1.29, 1.82) is 0 Å². The first-order valence-corrected chi connectivity index (χ1v) is 9.02. The molecule has 1 aromatic heterocycles. The maximum Gasteiger partial charge on any atom is 0.232 e. The number of nitrogens with one attached hydrogen (secondary N) is 1. The molecule has 1 heterocycles. The Bertz CT molecular complexity index is 893. The van der Waals surface area contributed by atoms with Crippen molar-refractivity contribution in [2.45, 2.75) is 11.5 Å². The van der Waals surface area contributed by atoms with Crippen molar-refractivity contribution in [2.24, 2.45) is 0 Å². The summed E-state index contributed by atoms with van der Waals surface area (Å²) < 4.78 is 18.5. The third-order valence-electron chi connectivity index (χ3n) is 3.44. The second kappa shape index (κ2) is 8.48. The second-order valence-electron chi connectivity index (χ2n) is 5.38. The third-order valence-corrected chi connectivity index (χ3v) is 4.44. The van der Waals surface area contributed by atoms with Crippen LogP contribution in [-0.2, 0) is 11.5 Å². The molecule has 3 rings (SSSR count). The van der Waals surface area contributed by atoms with Crippen LogP contribution in [0.25, 0.3) is 0 Å². The minimum atomic E-state index is -0.240. The van der Waals surface area contributed by atoms with E-state index in [9.17, 15) is 4.39 Å². The highest BCUT2D eigenvalue weighted by atomic mass is 32.2. The van der Waals surface area contributed by atoms with Gasteiger partial charge < -0.3 is 15.8 Å². The predicted molar refractivity (Wildman–Crippen MR) is 102 cm³/mol. The topological polar surface area (TPSA) is 86.0 Å². The lowest BCUT2D eigenvalue weighted by Gasteiger charge is -2.10. The number of thioether (sulfide) groups is 1. The molecule has 26 heavy (non-hydrogen) atoms. The Kier molecular flexibility index (Phi) is 5.85. The highest BCUT2D eigenvalue weighted by Crippen LogP contribution is 2.26. The number of nitrogen functional groups attached to an aromatic ring is 1. The van der Waals surface area contributed by atoms with Crippen LogP contribution in [0.15, 0.2) is 48.5 Å². The number of anilines is 3. The van der Waals surface area contributed by atoms with Crippen LogP contribution in [0, 0.1) is 5.82 Å². The van der Waals surface area contributed by atoms with Gasteiger partial charge in [0.15, 0.2) is 0 Å². The highest BCUT2D eigenvalue weighted by molar-refractivity contribution is 7.97. The van der Waals surface area contributed by atoms with E-state index in [0.717, 1.165) is 11.3 Å². The third kappa shape index (κ3) is 4.82. The minimum Gasteiger partial charge on any atom is -0.495 e. The SMILES string of the molecule is COc1ccccc1Nc1nc(N)nc(CSCc2cccc(F)c2)n1. The van der Waals surface area contributed by atoms with Crippen LogP contribution in [0.3, 0.4) is 0 Å². The summed E-state index contributed by atoms with van der Waals surface area (Å²) in [5.41, 5.74) is 7.44. The molecule has 0 atom stereocenters. The summed E-state index contributed by atoms with van der Waals surface area (Å²) in [5, 5.41) is 3.09. The summed E-state index contributed by atoms with van der Waals surface area (Å²) in [6.07, 6.45) is 0. The van der Waals surface area contributed by atoms with E-state index in [1.165, 1.54) is 12.1 Å². The molecule has 0 amide bonds. The molecule has 0 unspecified atom stereocenters. The molecule has 0 fully saturated rings. The van der Waals surface area contributed by atoms with Gasteiger partial charge in [0.2, 0.25) is 11.9 Å². The van der Waals surface area contributed by atoms with Gasteiger partial charge >= 0.3 is 0 Å². The lowest BCUT2D eigenvalue weighted by molar-refractivity contribution is 0.417. The fraction of sp³-hybridized carbons (Fsp3) is 0.167. The summed E-state index contributed by atoms with van der Waals surface area (Å²) in [6, 6.07) is 14.0. The van der Waals surface area contributed by atoms with E-state index in [4.69, 9.17) is 10.5 Å². The van der Waals surface area contributed by atoms with Gasteiger partial charge in [0, 0.05) is 5.75 Å². The van der Waals surface area contributed by atoms with Crippen LogP contribution in [0.4, 0.5) is 22.0 Å². The van der Waals surface area contributed by atoms with Gasteiger partial charge in [-0.15, -0.1) is 11.8 Å². The molecule has 0 aliphatic rings. The Hall–Kier alpha value is -2.87. The number of para-hydroxylation sites is 2. The second-order valence-corrected chi connectivity index (χ2v) is 6.37. The average molecular weight is 371 g/mol. The van der Waals surface area contributed by atoms with Crippen LogP contribution < -0.4 is 15.8 Å². The number of nitrogens with zero attached hydrogens (tertiary/aromatic N) is 3. The lowest BCUT2D eigenvalue weighted by Crippen LogP contribution is -2.07. The lowest BCUT2D eigenvalue weighted by atomic mass is 10.2. The Labute approximate surface area is 155 Å². The molecule has 0 saturated heterocycles. The Morgan fingerprint density at radius 2 is 1.92 bits per heavy atom. The van der Waals surface area contributed by atoms with Gasteiger partial charge in [-0.2, -0.15) is 15.0 Å². The number of hydrogen-bond acceptors (Lipinski definition) is 7. The fourth-order valence-electron chi connectivity index (χ4n) is 2.31. The molecule has 0 radical (unpaired) electrons. The number of ether oxygens (including phenoxy) is 1. The Morgan fingerprint density at radius 3 is 2.73 bits per heavy atom. The smallest absolute Gasteiger partial charge is 0.232 e. The molecule has 0 aliphatic carbocycles. The van der Waals surface area contributed by atoms with Crippen molar-refractivity contribution < 1.29 is 9.13 Å². The average Bonchev–Trinajstić information content (AvgIpc) is 2.62. The summed E-state index contributed by atoms with van der Waals surface area (Å²) in [4.78, 5) is 12.7. The molecule has 3 N–H and O–H groups in total. The molecular weight excluding hydrogens is 353 g/mol. The maximum atomic E-state index is 13.2. The molecule has 3 aromatic rings. The highest BCUT2D eigenvalue weighted by Gasteiger charge is 2.08. The number of nitrogens with two attached hydrogens (primary N) is 1. The van der Waals surface area contributed by atoms with E-state index in [1.807, 2.05) is 30.3 Å². The van der Waals surface area contributed by atoms with Crippen LogP contribution in [0.2, 0.25) is 0 Å². The fourth-order valence-corrected chi connectivity index (χ4v) is 3.14. The summed E-state index contributed by atoms with van der Waals surface area (Å²) in [5.74, 6) is 2.66. The quantitative estimate of drug-likeness (QED) is 0.654. The van der Waals surface area contributed by atoms with Gasteiger partial charge in [-0.1, -0.05) is 24.3 Å². The van der Waals surface area contributed by atoms with Crippen molar-refractivity contribution in [3.05, 3.63) is 65.7 Å². The number of methoxy groups -OCH3 is 1. The molecule has 2 aromatic carbocycles. The number of hydrogen-bond donors (Lipinski definition) is 2. The molecule has 0 aliphatic heterocycles.